The van der Waals surface area contributed by atoms with E-state index in [2.05, 4.69) is 5.32 Å². The molecule has 2 N–H and O–H groups in total. The molecule has 0 aliphatic carbocycles. The summed E-state index contributed by atoms with van der Waals surface area (Å²) in [5.41, 5.74) is 0.985. The highest BCUT2D eigenvalue weighted by molar-refractivity contribution is 6.31. The van der Waals surface area contributed by atoms with E-state index < -0.39 is 23.9 Å². The van der Waals surface area contributed by atoms with Crippen LogP contribution >= 0.6 is 11.6 Å². The fourth-order valence-corrected chi connectivity index (χ4v) is 2.52. The first kappa shape index (κ1) is 17.2. The van der Waals surface area contributed by atoms with Crippen LogP contribution in [-0.4, -0.2) is 18.1 Å². The minimum absolute atomic E-state index is 0.216. The van der Waals surface area contributed by atoms with Crippen LogP contribution in [0.2, 0.25) is 5.02 Å². The molecule has 0 saturated heterocycles. The SMILES string of the molecule is COc1cccc(C(O)C(=O)NC(C)c2ccc(F)cc2Cl)c1. The standard InChI is InChI=1S/C17H17ClFNO3/c1-10(14-7-6-12(19)9-15(14)18)20-17(22)16(21)11-4-3-5-13(8-11)23-2/h3-10,16,21H,1-2H3,(H,20,22). The van der Waals surface area contributed by atoms with E-state index in [4.69, 9.17) is 16.3 Å². The molecule has 2 rings (SSSR count). The Morgan fingerprint density at radius 1 is 1.30 bits per heavy atom. The Morgan fingerprint density at radius 3 is 2.70 bits per heavy atom. The Balaban J connectivity index is 2.10. The molecule has 0 spiro atoms. The number of ether oxygens (including phenoxy) is 1. The number of methoxy groups -OCH3 is 1. The summed E-state index contributed by atoms with van der Waals surface area (Å²) < 4.78 is 18.1. The largest absolute Gasteiger partial charge is 0.497 e. The van der Waals surface area contributed by atoms with Crippen LogP contribution < -0.4 is 10.1 Å². The maximum atomic E-state index is 13.1. The Hall–Kier alpha value is -2.11. The van der Waals surface area contributed by atoms with Crippen LogP contribution in [0.3, 0.4) is 0 Å². The molecule has 2 aromatic carbocycles. The van der Waals surface area contributed by atoms with Gasteiger partial charge in [-0.15, -0.1) is 0 Å². The minimum Gasteiger partial charge on any atom is -0.497 e. The highest BCUT2D eigenvalue weighted by atomic mass is 35.5. The number of halogens is 2. The lowest BCUT2D eigenvalue weighted by Crippen LogP contribution is -2.31. The first-order valence-electron chi connectivity index (χ1n) is 6.99. The number of rotatable bonds is 5. The van der Waals surface area contributed by atoms with Gasteiger partial charge in [-0.1, -0.05) is 29.8 Å². The predicted octanol–water partition coefficient (Wildman–Crippen LogP) is 3.40. The topological polar surface area (TPSA) is 58.6 Å². The second-order valence-corrected chi connectivity index (χ2v) is 5.48. The third-order valence-corrected chi connectivity index (χ3v) is 3.77. The van der Waals surface area contributed by atoms with Crippen molar-refractivity contribution < 1.29 is 19.0 Å². The van der Waals surface area contributed by atoms with Gasteiger partial charge >= 0.3 is 0 Å². The maximum Gasteiger partial charge on any atom is 0.253 e. The van der Waals surface area contributed by atoms with Gasteiger partial charge in [-0.2, -0.15) is 0 Å². The van der Waals surface area contributed by atoms with Crippen LogP contribution in [0.15, 0.2) is 42.5 Å². The van der Waals surface area contributed by atoms with Crippen molar-refractivity contribution in [2.75, 3.05) is 7.11 Å². The molecule has 0 aromatic heterocycles. The molecule has 23 heavy (non-hydrogen) atoms. The summed E-state index contributed by atoms with van der Waals surface area (Å²) in [4.78, 5) is 12.2. The zero-order chi connectivity index (χ0) is 17.0. The number of carbonyl (C=O) groups excluding carboxylic acids is 1. The fourth-order valence-electron chi connectivity index (χ4n) is 2.19. The lowest BCUT2D eigenvalue weighted by Gasteiger charge is -2.19. The average Bonchev–Trinajstić information content (AvgIpc) is 2.53. The van der Waals surface area contributed by atoms with Crippen LogP contribution in [0.1, 0.15) is 30.2 Å². The number of hydrogen-bond acceptors (Lipinski definition) is 3. The summed E-state index contributed by atoms with van der Waals surface area (Å²) in [6.07, 6.45) is -1.34. The molecular weight excluding hydrogens is 321 g/mol. The molecule has 0 radical (unpaired) electrons. The van der Waals surface area contributed by atoms with Gasteiger partial charge in [-0.25, -0.2) is 4.39 Å². The van der Waals surface area contributed by atoms with Crippen LogP contribution in [0.5, 0.6) is 5.75 Å². The Bertz CT molecular complexity index is 708. The zero-order valence-corrected chi connectivity index (χ0v) is 13.5. The lowest BCUT2D eigenvalue weighted by molar-refractivity contribution is -0.130. The Labute approximate surface area is 138 Å². The molecule has 0 aliphatic rings. The van der Waals surface area contributed by atoms with E-state index in [1.54, 1.807) is 31.2 Å². The molecule has 0 heterocycles. The number of nitrogens with one attached hydrogen (secondary N) is 1. The lowest BCUT2D eigenvalue weighted by atomic mass is 10.1. The minimum atomic E-state index is -1.34. The highest BCUT2D eigenvalue weighted by Crippen LogP contribution is 2.25. The monoisotopic (exact) mass is 337 g/mol. The Kier molecular flexibility index (Phi) is 5.58. The molecule has 2 aromatic rings. The van der Waals surface area contributed by atoms with Crippen molar-refractivity contribution in [3.63, 3.8) is 0 Å². The van der Waals surface area contributed by atoms with Crippen LogP contribution in [0.4, 0.5) is 4.39 Å². The van der Waals surface area contributed by atoms with Gasteiger partial charge in [0.1, 0.15) is 11.6 Å². The van der Waals surface area contributed by atoms with Crippen molar-refractivity contribution in [3.05, 3.63) is 64.4 Å². The van der Waals surface area contributed by atoms with Gasteiger partial charge in [0.2, 0.25) is 0 Å². The summed E-state index contributed by atoms with van der Waals surface area (Å²) in [5, 5.41) is 13.0. The van der Waals surface area contributed by atoms with Gasteiger partial charge < -0.3 is 15.2 Å². The third-order valence-electron chi connectivity index (χ3n) is 3.45. The van der Waals surface area contributed by atoms with Crippen molar-refractivity contribution >= 4 is 17.5 Å². The van der Waals surface area contributed by atoms with Gasteiger partial charge in [0.05, 0.1) is 13.2 Å². The fraction of sp³-hybridized carbons (Fsp3) is 0.235. The van der Waals surface area contributed by atoms with E-state index in [1.807, 2.05) is 0 Å². The molecule has 4 nitrogen and oxygen atoms in total. The van der Waals surface area contributed by atoms with Crippen molar-refractivity contribution in [2.24, 2.45) is 0 Å². The van der Waals surface area contributed by atoms with Crippen LogP contribution in [-0.2, 0) is 4.79 Å². The van der Waals surface area contributed by atoms with Gasteiger partial charge in [-0.05, 0) is 42.3 Å². The molecule has 0 bridgehead atoms. The van der Waals surface area contributed by atoms with E-state index in [-0.39, 0.29) is 5.02 Å². The quantitative estimate of drug-likeness (QED) is 0.879. The van der Waals surface area contributed by atoms with Crippen LogP contribution in [0, 0.1) is 5.82 Å². The van der Waals surface area contributed by atoms with Gasteiger partial charge in [0, 0.05) is 5.02 Å². The second-order valence-electron chi connectivity index (χ2n) is 5.08. The summed E-state index contributed by atoms with van der Waals surface area (Å²) >= 11 is 5.97. The number of amides is 1. The number of benzene rings is 2. The predicted molar refractivity (Wildman–Crippen MR) is 85.9 cm³/mol. The number of carbonyl (C=O) groups is 1. The Morgan fingerprint density at radius 2 is 2.04 bits per heavy atom. The smallest absolute Gasteiger partial charge is 0.253 e. The molecule has 122 valence electrons. The molecule has 0 fully saturated rings. The van der Waals surface area contributed by atoms with E-state index in [1.165, 1.54) is 25.3 Å². The normalized spacial score (nSPS) is 13.3. The average molecular weight is 338 g/mol. The highest BCUT2D eigenvalue weighted by Gasteiger charge is 2.21. The number of aliphatic hydroxyl groups excluding tert-OH is 1. The third kappa shape index (κ3) is 4.21. The molecule has 1 amide bonds. The van der Waals surface area contributed by atoms with Crippen molar-refractivity contribution in [1.29, 1.82) is 0 Å². The summed E-state index contributed by atoms with van der Waals surface area (Å²) in [6, 6.07) is 10.1. The number of aliphatic hydroxyl groups is 1. The molecule has 2 unspecified atom stereocenters. The van der Waals surface area contributed by atoms with Crippen molar-refractivity contribution in [3.8, 4) is 5.75 Å². The van der Waals surface area contributed by atoms with E-state index in [9.17, 15) is 14.3 Å². The number of hydrogen-bond donors (Lipinski definition) is 2. The summed E-state index contributed by atoms with van der Waals surface area (Å²) in [6.45, 7) is 1.70. The molecule has 6 heteroatoms. The van der Waals surface area contributed by atoms with Crippen molar-refractivity contribution in [2.45, 2.75) is 19.1 Å². The van der Waals surface area contributed by atoms with Gasteiger partial charge in [0.25, 0.3) is 5.91 Å². The molecular formula is C17H17ClFNO3. The first-order valence-corrected chi connectivity index (χ1v) is 7.37. The molecule has 0 aliphatic heterocycles. The van der Waals surface area contributed by atoms with Gasteiger partial charge in [-0.3, -0.25) is 4.79 Å². The van der Waals surface area contributed by atoms with Gasteiger partial charge in [0.15, 0.2) is 6.10 Å². The van der Waals surface area contributed by atoms with E-state index >= 15 is 0 Å². The maximum absolute atomic E-state index is 13.1. The molecule has 2 atom stereocenters. The summed E-state index contributed by atoms with van der Waals surface area (Å²) in [7, 11) is 1.50. The van der Waals surface area contributed by atoms with E-state index in [0.29, 0.717) is 16.9 Å². The molecule has 0 saturated carbocycles. The first-order chi connectivity index (χ1) is 10.9. The van der Waals surface area contributed by atoms with E-state index in [0.717, 1.165) is 0 Å². The van der Waals surface area contributed by atoms with Crippen LogP contribution in [0.25, 0.3) is 0 Å². The zero-order valence-electron chi connectivity index (χ0n) is 12.7. The van der Waals surface area contributed by atoms with Crippen molar-refractivity contribution in [1.82, 2.24) is 5.32 Å². The second kappa shape index (κ2) is 7.44. The summed E-state index contributed by atoms with van der Waals surface area (Å²) in [5.74, 6) is -0.483.